The van der Waals surface area contributed by atoms with Crippen molar-refractivity contribution < 1.29 is 4.79 Å². The molecule has 0 bridgehead atoms. The van der Waals surface area contributed by atoms with Gasteiger partial charge in [-0.1, -0.05) is 41.4 Å². The highest BCUT2D eigenvalue weighted by Gasteiger charge is 2.08. The van der Waals surface area contributed by atoms with Crippen LogP contribution in [-0.4, -0.2) is 17.4 Å². The van der Waals surface area contributed by atoms with E-state index in [-0.39, 0.29) is 22.8 Å². The number of amides is 1. The van der Waals surface area contributed by atoms with E-state index >= 15 is 0 Å². The van der Waals surface area contributed by atoms with E-state index in [0.717, 1.165) is 0 Å². The Kier molecular flexibility index (Phi) is 4.39. The van der Waals surface area contributed by atoms with Gasteiger partial charge in [0.1, 0.15) is 10.3 Å². The number of aromatic nitrogens is 1. The Morgan fingerprint density at radius 2 is 1.93 bits per heavy atom. The summed E-state index contributed by atoms with van der Waals surface area (Å²) in [5, 5.41) is 3.21. The monoisotopic (exact) mass is 264 g/mol. The fourth-order valence-corrected chi connectivity index (χ4v) is 1.40. The van der Waals surface area contributed by atoms with E-state index in [4.69, 9.17) is 34.8 Å². The fraction of sp³-hybridized carbons (Fsp3) is 0.111. The van der Waals surface area contributed by atoms with Gasteiger partial charge in [-0.3, -0.25) is 4.79 Å². The molecule has 0 aromatic carbocycles. The summed E-state index contributed by atoms with van der Waals surface area (Å²) in [4.78, 5) is 15.2. The molecule has 0 saturated heterocycles. The standard InChI is InChI=1S/C9H7Cl3N2O/c1-5(10)4-13-9(15)6-2-7(11)14-8(12)3-6/h2-3H,1,4H2,(H,13,15). The fourth-order valence-electron chi connectivity index (χ4n) is 0.874. The van der Waals surface area contributed by atoms with Crippen molar-refractivity contribution in [1.82, 2.24) is 10.3 Å². The van der Waals surface area contributed by atoms with Crippen molar-refractivity contribution in [2.75, 3.05) is 6.54 Å². The first-order valence-electron chi connectivity index (χ1n) is 3.93. The van der Waals surface area contributed by atoms with Crippen LogP contribution in [0, 0.1) is 0 Å². The zero-order valence-corrected chi connectivity index (χ0v) is 9.83. The van der Waals surface area contributed by atoms with Crippen molar-refractivity contribution in [3.8, 4) is 0 Å². The summed E-state index contributed by atoms with van der Waals surface area (Å²) in [6.45, 7) is 3.63. The molecule has 0 radical (unpaired) electrons. The summed E-state index contributed by atoms with van der Waals surface area (Å²) in [6, 6.07) is 2.83. The highest BCUT2D eigenvalue weighted by molar-refractivity contribution is 6.33. The van der Waals surface area contributed by atoms with E-state index < -0.39 is 0 Å². The highest BCUT2D eigenvalue weighted by atomic mass is 35.5. The third kappa shape index (κ3) is 4.08. The lowest BCUT2D eigenvalue weighted by molar-refractivity contribution is 0.0957. The Hall–Kier alpha value is -0.770. The molecule has 0 saturated carbocycles. The van der Waals surface area contributed by atoms with Crippen molar-refractivity contribution in [2.45, 2.75) is 0 Å². The molecule has 0 aliphatic carbocycles. The van der Waals surface area contributed by atoms with Crippen LogP contribution in [0.15, 0.2) is 23.7 Å². The van der Waals surface area contributed by atoms with Gasteiger partial charge in [0.2, 0.25) is 0 Å². The Balaban J connectivity index is 2.77. The zero-order valence-electron chi connectivity index (χ0n) is 7.56. The number of hydrogen-bond acceptors (Lipinski definition) is 2. The molecule has 0 aliphatic heterocycles. The molecule has 15 heavy (non-hydrogen) atoms. The van der Waals surface area contributed by atoms with Crippen LogP contribution in [-0.2, 0) is 0 Å². The van der Waals surface area contributed by atoms with E-state index in [1.165, 1.54) is 12.1 Å². The molecule has 1 rings (SSSR count). The lowest BCUT2D eigenvalue weighted by Gasteiger charge is -2.04. The van der Waals surface area contributed by atoms with Crippen LogP contribution in [0.4, 0.5) is 0 Å². The summed E-state index contributed by atoms with van der Waals surface area (Å²) in [7, 11) is 0. The minimum absolute atomic E-state index is 0.164. The molecular weight excluding hydrogens is 258 g/mol. The highest BCUT2D eigenvalue weighted by Crippen LogP contribution is 2.14. The largest absolute Gasteiger partial charge is 0.347 e. The van der Waals surface area contributed by atoms with E-state index in [1.54, 1.807) is 0 Å². The number of nitrogens with zero attached hydrogens (tertiary/aromatic N) is 1. The summed E-state index contributed by atoms with van der Waals surface area (Å²) in [5.41, 5.74) is 0.331. The van der Waals surface area contributed by atoms with Crippen LogP contribution in [0.3, 0.4) is 0 Å². The lowest BCUT2D eigenvalue weighted by Crippen LogP contribution is -2.24. The second kappa shape index (κ2) is 5.35. The van der Waals surface area contributed by atoms with E-state index in [9.17, 15) is 4.79 Å². The van der Waals surface area contributed by atoms with Gasteiger partial charge in [-0.2, -0.15) is 0 Å². The van der Waals surface area contributed by atoms with Crippen LogP contribution < -0.4 is 5.32 Å². The minimum Gasteiger partial charge on any atom is -0.347 e. The SMILES string of the molecule is C=C(Cl)CNC(=O)c1cc(Cl)nc(Cl)c1. The predicted octanol–water partition coefficient (Wildman–Crippen LogP) is 2.87. The van der Waals surface area contributed by atoms with Crippen molar-refractivity contribution in [3.05, 3.63) is 39.6 Å². The van der Waals surface area contributed by atoms with Gasteiger partial charge in [0.15, 0.2) is 0 Å². The zero-order chi connectivity index (χ0) is 11.4. The van der Waals surface area contributed by atoms with Crippen LogP contribution in [0.2, 0.25) is 10.3 Å². The first-order chi connectivity index (χ1) is 6.99. The van der Waals surface area contributed by atoms with Crippen LogP contribution >= 0.6 is 34.8 Å². The summed E-state index contributed by atoms with van der Waals surface area (Å²) in [5.74, 6) is -0.331. The maximum absolute atomic E-state index is 11.5. The average Bonchev–Trinajstić information content (AvgIpc) is 2.12. The van der Waals surface area contributed by atoms with Gasteiger partial charge in [-0.05, 0) is 12.1 Å². The maximum Gasteiger partial charge on any atom is 0.251 e. The second-order valence-electron chi connectivity index (χ2n) is 2.70. The molecule has 1 aromatic heterocycles. The molecule has 1 amide bonds. The van der Waals surface area contributed by atoms with Gasteiger partial charge < -0.3 is 5.32 Å². The van der Waals surface area contributed by atoms with E-state index in [2.05, 4.69) is 16.9 Å². The Morgan fingerprint density at radius 3 is 2.40 bits per heavy atom. The molecule has 1 N–H and O–H groups in total. The lowest BCUT2D eigenvalue weighted by atomic mass is 10.2. The van der Waals surface area contributed by atoms with Crippen molar-refractivity contribution in [1.29, 1.82) is 0 Å². The average molecular weight is 266 g/mol. The molecule has 0 fully saturated rings. The summed E-state index contributed by atoms with van der Waals surface area (Å²) in [6.07, 6.45) is 0. The van der Waals surface area contributed by atoms with E-state index in [1.807, 2.05) is 0 Å². The van der Waals surface area contributed by atoms with E-state index in [0.29, 0.717) is 10.6 Å². The molecule has 0 aliphatic rings. The van der Waals surface area contributed by atoms with Gasteiger partial charge >= 0.3 is 0 Å². The minimum atomic E-state index is -0.331. The van der Waals surface area contributed by atoms with Crippen LogP contribution in [0.25, 0.3) is 0 Å². The first-order valence-corrected chi connectivity index (χ1v) is 5.07. The Bertz CT molecular complexity index is 386. The normalized spacial score (nSPS) is 9.80. The number of nitrogens with one attached hydrogen (secondary N) is 1. The third-order valence-corrected chi connectivity index (χ3v) is 1.99. The Labute approximate surface area is 102 Å². The number of rotatable bonds is 3. The molecule has 0 atom stereocenters. The number of pyridine rings is 1. The molecule has 6 heteroatoms. The molecule has 1 heterocycles. The third-order valence-electron chi connectivity index (χ3n) is 1.47. The van der Waals surface area contributed by atoms with Crippen molar-refractivity contribution in [3.63, 3.8) is 0 Å². The maximum atomic E-state index is 11.5. The molecule has 80 valence electrons. The number of carbonyl (C=O) groups excluding carboxylic acids is 1. The number of hydrogen-bond donors (Lipinski definition) is 1. The molecule has 0 unspecified atom stereocenters. The number of halogens is 3. The topological polar surface area (TPSA) is 42.0 Å². The number of carbonyl (C=O) groups is 1. The van der Waals surface area contributed by atoms with Gasteiger partial charge in [0.05, 0.1) is 6.54 Å². The molecule has 1 aromatic rings. The summed E-state index contributed by atoms with van der Waals surface area (Å²) >= 11 is 16.8. The molecule has 3 nitrogen and oxygen atoms in total. The van der Waals surface area contributed by atoms with Crippen LogP contribution in [0.5, 0.6) is 0 Å². The van der Waals surface area contributed by atoms with Gasteiger partial charge in [0.25, 0.3) is 5.91 Å². The van der Waals surface area contributed by atoms with Crippen molar-refractivity contribution in [2.24, 2.45) is 0 Å². The smallest absolute Gasteiger partial charge is 0.251 e. The summed E-state index contributed by atoms with van der Waals surface area (Å²) < 4.78 is 0. The second-order valence-corrected chi connectivity index (χ2v) is 4.01. The Morgan fingerprint density at radius 1 is 1.40 bits per heavy atom. The van der Waals surface area contributed by atoms with Gasteiger partial charge in [-0.15, -0.1) is 0 Å². The molecule has 0 spiro atoms. The van der Waals surface area contributed by atoms with Gasteiger partial charge in [-0.25, -0.2) is 4.98 Å². The quantitative estimate of drug-likeness (QED) is 0.854. The first kappa shape index (κ1) is 12.3. The van der Waals surface area contributed by atoms with Crippen LogP contribution in [0.1, 0.15) is 10.4 Å². The predicted molar refractivity (Wildman–Crippen MR) is 61.6 cm³/mol. The molecular formula is C9H7Cl3N2O. The van der Waals surface area contributed by atoms with Crippen molar-refractivity contribution >= 4 is 40.7 Å². The van der Waals surface area contributed by atoms with Gasteiger partial charge in [0, 0.05) is 10.6 Å².